The van der Waals surface area contributed by atoms with Crippen LogP contribution in [0.4, 0.5) is 0 Å². The second-order valence-electron chi connectivity index (χ2n) is 19.0. The minimum atomic E-state index is -0.792. The number of rotatable bonds is 50. The van der Waals surface area contributed by atoms with E-state index in [2.05, 4.69) is 50.4 Å². The average molecular weight is 874 g/mol. The summed E-state index contributed by atoms with van der Waals surface area (Å²) in [7, 11) is 0. The van der Waals surface area contributed by atoms with Crippen molar-refractivity contribution in [3.8, 4) is 0 Å². The van der Waals surface area contributed by atoms with Crippen molar-refractivity contribution in [2.24, 2.45) is 0 Å². The average Bonchev–Trinajstić information content (AvgIpc) is 3.26. The second-order valence-corrected chi connectivity index (χ2v) is 19.0. The fourth-order valence-corrected chi connectivity index (χ4v) is 8.60. The molecular weight excluding hydrogens is 767 g/mol. The maximum atomic E-state index is 13.2. The number of carbonyl (C=O) groups is 2. The number of esters is 1. The van der Waals surface area contributed by atoms with Gasteiger partial charge in [-0.1, -0.05) is 263 Å². The van der Waals surface area contributed by atoms with Crippen LogP contribution in [0, 0.1) is 0 Å². The van der Waals surface area contributed by atoms with Crippen LogP contribution in [0.25, 0.3) is 0 Å². The van der Waals surface area contributed by atoms with E-state index in [9.17, 15) is 19.8 Å². The van der Waals surface area contributed by atoms with E-state index in [1.54, 1.807) is 0 Å². The molecule has 3 unspecified atom stereocenters. The number of allylic oxidation sites excluding steroid dienone is 4. The summed E-state index contributed by atoms with van der Waals surface area (Å²) in [5, 5.41) is 23.8. The monoisotopic (exact) mass is 874 g/mol. The lowest BCUT2D eigenvalue weighted by Gasteiger charge is -2.24. The maximum Gasteiger partial charge on any atom is 0.306 e. The molecule has 1 amide bonds. The lowest BCUT2D eigenvalue weighted by atomic mass is 10.0. The first kappa shape index (κ1) is 60.3. The molecule has 0 saturated carbocycles. The molecule has 3 N–H and O–H groups in total. The number of aliphatic hydroxyl groups is 2. The smallest absolute Gasteiger partial charge is 0.306 e. The highest BCUT2D eigenvalue weighted by molar-refractivity contribution is 5.77. The summed E-state index contributed by atoms with van der Waals surface area (Å²) in [6.45, 7) is 6.49. The summed E-state index contributed by atoms with van der Waals surface area (Å²) in [6.07, 6.45) is 58.2. The Balaban J connectivity index is 4.53. The fraction of sp³-hybridized carbons (Fsp3) is 0.893. The van der Waals surface area contributed by atoms with Crippen LogP contribution in [0.1, 0.15) is 297 Å². The summed E-state index contributed by atoms with van der Waals surface area (Å²) in [6, 6.07) is -0.707. The lowest BCUT2D eigenvalue weighted by Crippen LogP contribution is -2.46. The van der Waals surface area contributed by atoms with Gasteiger partial charge in [-0.25, -0.2) is 0 Å². The van der Waals surface area contributed by atoms with Gasteiger partial charge < -0.3 is 20.3 Å². The number of hydrogen-bond acceptors (Lipinski definition) is 5. The predicted octanol–water partition coefficient (Wildman–Crippen LogP) is 16.7. The van der Waals surface area contributed by atoms with E-state index < -0.39 is 18.2 Å². The molecule has 0 spiro atoms. The Morgan fingerprint density at radius 3 is 1.23 bits per heavy atom. The first-order chi connectivity index (χ1) is 30.5. The Morgan fingerprint density at radius 2 is 0.823 bits per heavy atom. The van der Waals surface area contributed by atoms with E-state index in [4.69, 9.17) is 4.74 Å². The molecule has 3 atom stereocenters. The topological polar surface area (TPSA) is 95.9 Å². The zero-order valence-corrected chi connectivity index (χ0v) is 41.8. The number of aliphatic hydroxyl groups excluding tert-OH is 2. The van der Waals surface area contributed by atoms with Crippen LogP contribution in [0.2, 0.25) is 0 Å². The van der Waals surface area contributed by atoms with Crippen molar-refractivity contribution >= 4 is 11.9 Å². The van der Waals surface area contributed by atoms with Crippen LogP contribution in [-0.4, -0.2) is 46.9 Å². The van der Waals surface area contributed by atoms with Gasteiger partial charge in [0.05, 0.1) is 25.2 Å². The molecule has 6 heteroatoms. The number of unbranched alkanes of at least 4 members (excludes halogenated alkanes) is 34. The summed E-state index contributed by atoms with van der Waals surface area (Å²) in [5.74, 6) is -0.538. The van der Waals surface area contributed by atoms with Gasteiger partial charge in [0.1, 0.15) is 6.10 Å². The van der Waals surface area contributed by atoms with Crippen molar-refractivity contribution in [3.05, 3.63) is 24.3 Å². The van der Waals surface area contributed by atoms with Gasteiger partial charge >= 0.3 is 5.97 Å². The minimum Gasteiger partial charge on any atom is -0.462 e. The van der Waals surface area contributed by atoms with Gasteiger partial charge in [-0.15, -0.1) is 0 Å². The number of carbonyl (C=O) groups excluding carboxylic acids is 2. The molecule has 0 aromatic heterocycles. The minimum absolute atomic E-state index is 0.0611. The SMILES string of the molecule is CCCCCCCC/C=C\C/C=C/CCC(=O)OC(CCCCCCCCCCCCCCC)CC(=O)NC(CO)C(O)CCCCCCCCCCCCCCCCCCC. The quantitative estimate of drug-likeness (QED) is 0.0321. The molecule has 0 saturated heterocycles. The molecule has 0 aliphatic rings. The molecule has 0 heterocycles. The summed E-state index contributed by atoms with van der Waals surface area (Å²) in [4.78, 5) is 26.1. The van der Waals surface area contributed by atoms with Gasteiger partial charge in [-0.2, -0.15) is 0 Å². The molecule has 62 heavy (non-hydrogen) atoms. The molecule has 0 aromatic rings. The molecule has 0 rings (SSSR count). The highest BCUT2D eigenvalue weighted by Crippen LogP contribution is 2.18. The van der Waals surface area contributed by atoms with Crippen LogP contribution in [-0.2, 0) is 14.3 Å². The fourth-order valence-electron chi connectivity index (χ4n) is 8.60. The number of hydrogen-bond donors (Lipinski definition) is 3. The number of ether oxygens (including phenoxy) is 1. The number of nitrogens with one attached hydrogen (secondary N) is 1. The molecule has 366 valence electrons. The molecule has 0 fully saturated rings. The van der Waals surface area contributed by atoms with Crippen molar-refractivity contribution in [2.45, 2.75) is 315 Å². The third-order valence-electron chi connectivity index (χ3n) is 12.8. The van der Waals surface area contributed by atoms with Gasteiger partial charge in [0, 0.05) is 6.42 Å². The second kappa shape index (κ2) is 50.3. The van der Waals surface area contributed by atoms with Crippen LogP contribution < -0.4 is 5.32 Å². The van der Waals surface area contributed by atoms with E-state index in [1.807, 2.05) is 0 Å². The highest BCUT2D eigenvalue weighted by atomic mass is 16.5. The summed E-state index contributed by atoms with van der Waals surface area (Å²) in [5.41, 5.74) is 0. The molecular formula is C56H107NO5. The first-order valence-electron chi connectivity index (χ1n) is 27.6. The van der Waals surface area contributed by atoms with Crippen LogP contribution in [0.3, 0.4) is 0 Å². The predicted molar refractivity (Wildman–Crippen MR) is 269 cm³/mol. The van der Waals surface area contributed by atoms with E-state index >= 15 is 0 Å². The van der Waals surface area contributed by atoms with Gasteiger partial charge in [0.2, 0.25) is 5.91 Å². The normalized spacial score (nSPS) is 13.3. The van der Waals surface area contributed by atoms with Crippen LogP contribution >= 0.6 is 0 Å². The van der Waals surface area contributed by atoms with E-state index in [-0.39, 0.29) is 24.9 Å². The highest BCUT2D eigenvalue weighted by Gasteiger charge is 2.24. The van der Waals surface area contributed by atoms with Gasteiger partial charge in [0.25, 0.3) is 0 Å². The van der Waals surface area contributed by atoms with Crippen molar-refractivity contribution in [3.63, 3.8) is 0 Å². The van der Waals surface area contributed by atoms with E-state index in [0.29, 0.717) is 25.7 Å². The van der Waals surface area contributed by atoms with E-state index in [0.717, 1.165) is 38.5 Å². The Morgan fingerprint density at radius 1 is 0.468 bits per heavy atom. The van der Waals surface area contributed by atoms with Crippen molar-refractivity contribution in [1.29, 1.82) is 0 Å². The van der Waals surface area contributed by atoms with Crippen LogP contribution in [0.5, 0.6) is 0 Å². The maximum absolute atomic E-state index is 13.2. The Bertz CT molecular complexity index is 981. The van der Waals surface area contributed by atoms with Crippen molar-refractivity contribution in [2.75, 3.05) is 6.61 Å². The van der Waals surface area contributed by atoms with E-state index in [1.165, 1.54) is 205 Å². The van der Waals surface area contributed by atoms with Crippen molar-refractivity contribution < 1.29 is 24.5 Å². The Labute approximate surface area is 386 Å². The van der Waals surface area contributed by atoms with Crippen molar-refractivity contribution in [1.82, 2.24) is 5.32 Å². The first-order valence-corrected chi connectivity index (χ1v) is 27.6. The molecule has 0 aromatic carbocycles. The van der Waals surface area contributed by atoms with Gasteiger partial charge in [-0.3, -0.25) is 9.59 Å². The van der Waals surface area contributed by atoms with Gasteiger partial charge in [-0.05, 0) is 44.9 Å². The standard InChI is InChI=1S/C56H107NO5/c1-4-7-10-13-16-19-22-25-26-27-28-31-33-36-39-42-45-48-54(59)53(51-58)57-55(60)50-52(47-44-41-38-35-32-29-23-20-17-14-11-8-5-2)62-56(61)49-46-43-40-37-34-30-24-21-18-15-12-9-6-3/h30,34,40,43,52-54,58-59H,4-29,31-33,35-39,41-42,44-51H2,1-3H3,(H,57,60)/b34-30-,43-40+. The zero-order valence-electron chi connectivity index (χ0n) is 41.8. The zero-order chi connectivity index (χ0) is 45.2. The lowest BCUT2D eigenvalue weighted by molar-refractivity contribution is -0.150. The third-order valence-corrected chi connectivity index (χ3v) is 12.8. The molecule has 0 aliphatic heterocycles. The largest absolute Gasteiger partial charge is 0.462 e. The van der Waals surface area contributed by atoms with Gasteiger partial charge in [0.15, 0.2) is 0 Å². The molecule has 0 aliphatic carbocycles. The Hall–Kier alpha value is -1.66. The number of amides is 1. The Kier molecular flexibility index (Phi) is 49.0. The summed E-state index contributed by atoms with van der Waals surface area (Å²) < 4.78 is 5.90. The van der Waals surface area contributed by atoms with Crippen LogP contribution in [0.15, 0.2) is 24.3 Å². The molecule has 0 bridgehead atoms. The summed E-state index contributed by atoms with van der Waals surface area (Å²) >= 11 is 0. The molecule has 6 nitrogen and oxygen atoms in total. The third kappa shape index (κ3) is 44.9. The molecule has 0 radical (unpaired) electrons.